The zero-order valence-corrected chi connectivity index (χ0v) is 10.4. The number of rotatable bonds is 4. The molecule has 92 valence electrons. The Morgan fingerprint density at radius 3 is 2.65 bits per heavy atom. The van der Waals surface area contributed by atoms with Gasteiger partial charge in [0.05, 0.1) is 11.4 Å². The first-order chi connectivity index (χ1) is 8.15. The Morgan fingerprint density at radius 1 is 1.35 bits per heavy atom. The van der Waals surface area contributed by atoms with Gasteiger partial charge in [-0.15, -0.1) is 0 Å². The summed E-state index contributed by atoms with van der Waals surface area (Å²) in [6, 6.07) is 1.92. The van der Waals surface area contributed by atoms with E-state index in [9.17, 15) is 0 Å². The van der Waals surface area contributed by atoms with Crippen molar-refractivity contribution in [1.82, 2.24) is 19.6 Å². The summed E-state index contributed by atoms with van der Waals surface area (Å²) in [5, 5.41) is 11.9. The first kappa shape index (κ1) is 11.5. The minimum absolute atomic E-state index is 0.695. The molecule has 3 N–H and O–H groups in total. The normalized spacial score (nSPS) is 10.8. The van der Waals surface area contributed by atoms with Gasteiger partial charge < -0.3 is 11.1 Å². The maximum atomic E-state index is 6.02. The van der Waals surface area contributed by atoms with Crippen LogP contribution in [0.3, 0.4) is 0 Å². The van der Waals surface area contributed by atoms with Crippen molar-refractivity contribution in [2.45, 2.75) is 26.8 Å². The molecular formula is C11H18N6. The number of nitrogen functional groups attached to an aromatic ring is 1. The molecule has 0 aromatic carbocycles. The van der Waals surface area contributed by atoms with E-state index in [4.69, 9.17) is 5.73 Å². The van der Waals surface area contributed by atoms with Crippen LogP contribution in [-0.2, 0) is 20.0 Å². The van der Waals surface area contributed by atoms with Crippen LogP contribution in [0.5, 0.6) is 0 Å². The molecule has 0 unspecified atom stereocenters. The van der Waals surface area contributed by atoms with Crippen molar-refractivity contribution >= 4 is 17.3 Å². The molecule has 0 fully saturated rings. The van der Waals surface area contributed by atoms with E-state index in [2.05, 4.69) is 15.5 Å². The molecule has 0 amide bonds. The smallest absolute Gasteiger partial charge is 0.153 e. The lowest BCUT2D eigenvalue weighted by atomic mass is 10.3. The first-order valence-electron chi connectivity index (χ1n) is 5.77. The predicted octanol–water partition coefficient (Wildman–Crippen LogP) is 1.52. The second-order valence-corrected chi connectivity index (χ2v) is 3.87. The van der Waals surface area contributed by atoms with Gasteiger partial charge in [-0.3, -0.25) is 9.36 Å². The fraction of sp³-hybridized carbons (Fsp3) is 0.455. The fourth-order valence-electron chi connectivity index (χ4n) is 1.73. The highest BCUT2D eigenvalue weighted by Gasteiger charge is 2.12. The number of nitrogens with two attached hydrogens (primary N) is 1. The van der Waals surface area contributed by atoms with Crippen molar-refractivity contribution in [1.29, 1.82) is 0 Å². The summed E-state index contributed by atoms with van der Waals surface area (Å²) in [7, 11) is 1.87. The number of nitrogens with zero attached hydrogens (tertiary/aromatic N) is 4. The number of nitrogens with one attached hydrogen (secondary N) is 1. The molecular weight excluding hydrogens is 216 g/mol. The van der Waals surface area contributed by atoms with Crippen molar-refractivity contribution < 1.29 is 0 Å². The molecule has 2 heterocycles. The lowest BCUT2D eigenvalue weighted by Crippen LogP contribution is -2.03. The van der Waals surface area contributed by atoms with Crippen molar-refractivity contribution in [3.63, 3.8) is 0 Å². The molecule has 2 rings (SSSR count). The van der Waals surface area contributed by atoms with Crippen molar-refractivity contribution in [3.8, 4) is 0 Å². The summed E-state index contributed by atoms with van der Waals surface area (Å²) >= 11 is 0. The summed E-state index contributed by atoms with van der Waals surface area (Å²) in [6.07, 6.45) is 2.75. The molecule has 2 aromatic heterocycles. The van der Waals surface area contributed by atoms with Crippen LogP contribution in [0, 0.1) is 0 Å². The van der Waals surface area contributed by atoms with E-state index in [0.717, 1.165) is 30.3 Å². The van der Waals surface area contributed by atoms with Crippen LogP contribution in [0.4, 0.5) is 17.3 Å². The Balaban J connectivity index is 2.26. The zero-order chi connectivity index (χ0) is 12.4. The summed E-state index contributed by atoms with van der Waals surface area (Å²) in [6.45, 7) is 4.93. The summed E-state index contributed by atoms with van der Waals surface area (Å²) in [5.74, 6) is 1.58. The summed E-state index contributed by atoms with van der Waals surface area (Å²) < 4.78 is 3.61. The van der Waals surface area contributed by atoms with Gasteiger partial charge in [0, 0.05) is 25.9 Å². The van der Waals surface area contributed by atoms with E-state index in [1.807, 2.05) is 37.8 Å². The van der Waals surface area contributed by atoms with Crippen molar-refractivity contribution in [3.05, 3.63) is 18.0 Å². The Bertz CT molecular complexity index is 510. The monoisotopic (exact) mass is 234 g/mol. The molecule has 2 aromatic rings. The largest absolute Gasteiger partial charge is 0.394 e. The van der Waals surface area contributed by atoms with Gasteiger partial charge in [-0.2, -0.15) is 10.2 Å². The molecule has 0 aliphatic heterocycles. The summed E-state index contributed by atoms with van der Waals surface area (Å²) in [5.41, 5.74) is 7.62. The van der Waals surface area contributed by atoms with Crippen molar-refractivity contribution in [2.24, 2.45) is 7.05 Å². The maximum absolute atomic E-state index is 6.02. The number of aromatic nitrogens is 4. The minimum atomic E-state index is 0.695. The SMILES string of the molecule is CCc1nn(C)c(Nc2ccn(CC)n2)c1N. The second-order valence-electron chi connectivity index (χ2n) is 3.87. The number of hydrogen-bond donors (Lipinski definition) is 2. The Morgan fingerprint density at radius 2 is 2.12 bits per heavy atom. The van der Waals surface area contributed by atoms with E-state index in [1.54, 1.807) is 4.68 Å². The lowest BCUT2D eigenvalue weighted by Gasteiger charge is -2.04. The van der Waals surface area contributed by atoms with Gasteiger partial charge >= 0.3 is 0 Å². The average molecular weight is 234 g/mol. The van der Waals surface area contributed by atoms with E-state index in [1.165, 1.54) is 0 Å². The molecule has 6 nitrogen and oxygen atoms in total. The number of hydrogen-bond acceptors (Lipinski definition) is 4. The molecule has 0 atom stereocenters. The molecule has 0 saturated heterocycles. The lowest BCUT2D eigenvalue weighted by molar-refractivity contribution is 0.662. The van der Waals surface area contributed by atoms with Crippen LogP contribution in [0.1, 0.15) is 19.5 Å². The van der Waals surface area contributed by atoms with Gasteiger partial charge in [-0.25, -0.2) is 0 Å². The quantitative estimate of drug-likeness (QED) is 0.841. The van der Waals surface area contributed by atoms with Gasteiger partial charge in [-0.05, 0) is 13.3 Å². The molecule has 0 saturated carbocycles. The Labute approximate surface area is 100 Å². The highest BCUT2D eigenvalue weighted by Crippen LogP contribution is 2.25. The fourth-order valence-corrected chi connectivity index (χ4v) is 1.73. The Hall–Kier alpha value is -1.98. The van der Waals surface area contributed by atoms with Gasteiger partial charge in [0.1, 0.15) is 0 Å². The van der Waals surface area contributed by atoms with Gasteiger partial charge in [0.2, 0.25) is 0 Å². The summed E-state index contributed by atoms with van der Waals surface area (Å²) in [4.78, 5) is 0. The molecule has 0 spiro atoms. The molecule has 6 heteroatoms. The van der Waals surface area contributed by atoms with Crippen LogP contribution in [0.25, 0.3) is 0 Å². The topological polar surface area (TPSA) is 73.7 Å². The van der Waals surface area contributed by atoms with E-state index >= 15 is 0 Å². The van der Waals surface area contributed by atoms with E-state index in [-0.39, 0.29) is 0 Å². The van der Waals surface area contributed by atoms with Crippen LogP contribution in [0.15, 0.2) is 12.3 Å². The third-order valence-corrected chi connectivity index (χ3v) is 2.71. The number of anilines is 3. The minimum Gasteiger partial charge on any atom is -0.394 e. The third-order valence-electron chi connectivity index (χ3n) is 2.71. The molecule has 0 radical (unpaired) electrons. The van der Waals surface area contributed by atoms with Crippen LogP contribution >= 0.6 is 0 Å². The molecule has 0 bridgehead atoms. The van der Waals surface area contributed by atoms with Crippen molar-refractivity contribution in [2.75, 3.05) is 11.1 Å². The van der Waals surface area contributed by atoms with Gasteiger partial charge in [-0.1, -0.05) is 6.92 Å². The van der Waals surface area contributed by atoms with E-state index in [0.29, 0.717) is 5.69 Å². The zero-order valence-electron chi connectivity index (χ0n) is 10.4. The Kier molecular flexibility index (Phi) is 3.03. The highest BCUT2D eigenvalue weighted by molar-refractivity contribution is 5.69. The highest BCUT2D eigenvalue weighted by atomic mass is 15.4. The first-order valence-corrected chi connectivity index (χ1v) is 5.77. The van der Waals surface area contributed by atoms with Crippen LogP contribution < -0.4 is 11.1 Å². The molecule has 0 aliphatic carbocycles. The van der Waals surface area contributed by atoms with Gasteiger partial charge in [0.15, 0.2) is 11.6 Å². The number of aryl methyl sites for hydroxylation is 3. The maximum Gasteiger partial charge on any atom is 0.153 e. The predicted molar refractivity (Wildman–Crippen MR) is 68.2 cm³/mol. The van der Waals surface area contributed by atoms with Crippen LogP contribution in [-0.4, -0.2) is 19.6 Å². The molecule has 17 heavy (non-hydrogen) atoms. The second kappa shape index (κ2) is 4.48. The standard InChI is InChI=1S/C11H18N6/c1-4-8-10(12)11(16(3)14-8)13-9-6-7-17(5-2)15-9/h6-7H,4-5,12H2,1-3H3,(H,13,15). The molecule has 0 aliphatic rings. The van der Waals surface area contributed by atoms with Crippen LogP contribution in [0.2, 0.25) is 0 Å². The van der Waals surface area contributed by atoms with Gasteiger partial charge in [0.25, 0.3) is 0 Å². The third kappa shape index (κ3) is 2.11. The average Bonchev–Trinajstić information content (AvgIpc) is 2.88. The van der Waals surface area contributed by atoms with E-state index < -0.39 is 0 Å².